The Morgan fingerprint density at radius 3 is 2.58 bits per heavy atom. The summed E-state index contributed by atoms with van der Waals surface area (Å²) in [4.78, 5) is 11.1. The van der Waals surface area contributed by atoms with E-state index >= 15 is 0 Å². The first-order chi connectivity index (χ1) is 8.86. The molecule has 0 bridgehead atoms. The van der Waals surface area contributed by atoms with Gasteiger partial charge in [0.1, 0.15) is 24.4 Å². The van der Waals surface area contributed by atoms with Crippen molar-refractivity contribution >= 4 is 5.91 Å². The van der Waals surface area contributed by atoms with E-state index in [1.165, 1.54) is 6.92 Å². The standard InChI is InChI=1S/C11H22N2O6/c1-5(12)4-18-11-8(13-6(2)15)10(17)9(16)7(3-14)19-11/h5,7-11,14,16-17H,3-4,12H2,1-2H3,(H,13,15)/t5?,7?,8?,9-,10+,11+/m0/s1. The number of amides is 1. The molecule has 1 saturated heterocycles. The second-order valence-corrected chi connectivity index (χ2v) is 4.74. The van der Waals surface area contributed by atoms with Gasteiger partial charge in [0.2, 0.25) is 5.91 Å². The molecule has 1 fully saturated rings. The van der Waals surface area contributed by atoms with Crippen LogP contribution < -0.4 is 11.1 Å². The smallest absolute Gasteiger partial charge is 0.217 e. The number of hydrogen-bond acceptors (Lipinski definition) is 7. The van der Waals surface area contributed by atoms with Crippen LogP contribution in [0.15, 0.2) is 0 Å². The molecule has 8 heteroatoms. The van der Waals surface area contributed by atoms with Crippen LogP contribution in [0, 0.1) is 0 Å². The van der Waals surface area contributed by atoms with Gasteiger partial charge in [-0.15, -0.1) is 0 Å². The van der Waals surface area contributed by atoms with Crippen LogP contribution in [-0.2, 0) is 14.3 Å². The number of aliphatic hydroxyl groups is 3. The van der Waals surface area contributed by atoms with Crippen molar-refractivity contribution in [3.63, 3.8) is 0 Å². The zero-order valence-corrected chi connectivity index (χ0v) is 11.0. The minimum atomic E-state index is -1.31. The average Bonchev–Trinajstić information content (AvgIpc) is 2.33. The summed E-state index contributed by atoms with van der Waals surface area (Å²) >= 11 is 0. The Hall–Kier alpha value is -0.770. The van der Waals surface area contributed by atoms with Crippen molar-refractivity contribution in [2.24, 2.45) is 5.73 Å². The number of hydrogen-bond donors (Lipinski definition) is 5. The highest BCUT2D eigenvalue weighted by Gasteiger charge is 2.45. The van der Waals surface area contributed by atoms with Crippen molar-refractivity contribution in [1.82, 2.24) is 5.32 Å². The summed E-state index contributed by atoms with van der Waals surface area (Å²) in [5, 5.41) is 31.2. The number of aliphatic hydroxyl groups excluding tert-OH is 3. The third kappa shape index (κ3) is 4.37. The van der Waals surface area contributed by atoms with Crippen LogP contribution in [0.3, 0.4) is 0 Å². The molecule has 6 N–H and O–H groups in total. The third-order valence-corrected chi connectivity index (χ3v) is 2.77. The molecule has 0 radical (unpaired) electrons. The van der Waals surface area contributed by atoms with Gasteiger partial charge in [-0.05, 0) is 6.92 Å². The van der Waals surface area contributed by atoms with Crippen LogP contribution in [0.2, 0.25) is 0 Å². The van der Waals surface area contributed by atoms with Crippen LogP contribution in [0.4, 0.5) is 0 Å². The Morgan fingerprint density at radius 1 is 1.47 bits per heavy atom. The predicted octanol–water partition coefficient (Wildman–Crippen LogP) is -2.71. The van der Waals surface area contributed by atoms with E-state index in [1.54, 1.807) is 6.92 Å². The van der Waals surface area contributed by atoms with Gasteiger partial charge in [-0.1, -0.05) is 0 Å². The van der Waals surface area contributed by atoms with Crippen LogP contribution in [0.1, 0.15) is 13.8 Å². The van der Waals surface area contributed by atoms with Gasteiger partial charge in [-0.2, -0.15) is 0 Å². The van der Waals surface area contributed by atoms with Gasteiger partial charge in [-0.3, -0.25) is 4.79 Å². The fourth-order valence-corrected chi connectivity index (χ4v) is 1.86. The lowest BCUT2D eigenvalue weighted by Gasteiger charge is -2.42. The zero-order valence-electron chi connectivity index (χ0n) is 11.0. The molecule has 19 heavy (non-hydrogen) atoms. The lowest BCUT2D eigenvalue weighted by atomic mass is 9.97. The summed E-state index contributed by atoms with van der Waals surface area (Å²) < 4.78 is 10.7. The van der Waals surface area contributed by atoms with E-state index < -0.39 is 43.2 Å². The number of ether oxygens (including phenoxy) is 2. The number of nitrogens with one attached hydrogen (secondary N) is 1. The van der Waals surface area contributed by atoms with E-state index in [9.17, 15) is 15.0 Å². The molecule has 1 heterocycles. The van der Waals surface area contributed by atoms with Crippen LogP contribution in [0.25, 0.3) is 0 Å². The molecule has 0 spiro atoms. The van der Waals surface area contributed by atoms with Gasteiger partial charge in [0.15, 0.2) is 6.29 Å². The average molecular weight is 278 g/mol. The van der Waals surface area contributed by atoms with Crippen LogP contribution in [-0.4, -0.2) is 71.1 Å². The summed E-state index contributed by atoms with van der Waals surface area (Å²) in [5.74, 6) is -0.392. The normalized spacial score (nSPS) is 36.8. The van der Waals surface area contributed by atoms with Crippen molar-refractivity contribution in [3.05, 3.63) is 0 Å². The lowest BCUT2D eigenvalue weighted by molar-refractivity contribution is -0.270. The SMILES string of the molecule is CC(=O)NC1[C@H](OCC(C)N)OC(CO)[C@H](O)[C@@H]1O. The van der Waals surface area contributed by atoms with Gasteiger partial charge >= 0.3 is 0 Å². The molecule has 0 aromatic carbocycles. The Morgan fingerprint density at radius 2 is 2.11 bits per heavy atom. The van der Waals surface area contributed by atoms with Crippen molar-refractivity contribution in [3.8, 4) is 0 Å². The monoisotopic (exact) mass is 278 g/mol. The van der Waals surface area contributed by atoms with Gasteiger partial charge in [0.05, 0.1) is 13.2 Å². The summed E-state index contributed by atoms with van der Waals surface area (Å²) in [6, 6.07) is -1.17. The van der Waals surface area contributed by atoms with Crippen molar-refractivity contribution in [2.45, 2.75) is 50.5 Å². The second-order valence-electron chi connectivity index (χ2n) is 4.74. The van der Waals surface area contributed by atoms with E-state index in [0.29, 0.717) is 0 Å². The van der Waals surface area contributed by atoms with Crippen molar-refractivity contribution in [2.75, 3.05) is 13.2 Å². The first kappa shape index (κ1) is 16.3. The van der Waals surface area contributed by atoms with E-state index in [4.69, 9.17) is 20.3 Å². The Bertz CT molecular complexity index is 301. The first-order valence-electron chi connectivity index (χ1n) is 6.13. The minimum absolute atomic E-state index is 0.154. The maximum absolute atomic E-state index is 11.1. The lowest BCUT2D eigenvalue weighted by Crippen LogP contribution is -2.64. The van der Waals surface area contributed by atoms with Crippen LogP contribution in [0.5, 0.6) is 0 Å². The zero-order chi connectivity index (χ0) is 14.6. The Kier molecular flexibility index (Phi) is 6.11. The largest absolute Gasteiger partial charge is 0.394 e. The topological polar surface area (TPSA) is 134 Å². The Balaban J connectivity index is 2.77. The molecule has 0 aromatic heterocycles. The number of carbonyl (C=O) groups excluding carboxylic acids is 1. The molecule has 0 aromatic rings. The molecule has 1 amide bonds. The molecule has 3 unspecified atom stereocenters. The quantitative estimate of drug-likeness (QED) is 0.369. The first-order valence-corrected chi connectivity index (χ1v) is 6.13. The van der Waals surface area contributed by atoms with E-state index in [0.717, 1.165) is 0 Å². The highest BCUT2D eigenvalue weighted by Crippen LogP contribution is 2.22. The van der Waals surface area contributed by atoms with Gasteiger partial charge in [0.25, 0.3) is 0 Å². The van der Waals surface area contributed by atoms with Crippen molar-refractivity contribution < 1.29 is 29.6 Å². The maximum atomic E-state index is 11.1. The Labute approximate surface area is 111 Å². The van der Waals surface area contributed by atoms with Gasteiger partial charge < -0.3 is 35.8 Å². The summed E-state index contributed by atoms with van der Waals surface area (Å²) in [5.41, 5.74) is 5.56. The molecule has 6 atom stereocenters. The fraction of sp³-hybridized carbons (Fsp3) is 0.909. The van der Waals surface area contributed by atoms with Crippen LogP contribution >= 0.6 is 0 Å². The summed E-state index contributed by atoms with van der Waals surface area (Å²) in [6.45, 7) is 2.69. The molecule has 1 rings (SSSR count). The molecular weight excluding hydrogens is 256 g/mol. The molecule has 1 aliphatic heterocycles. The van der Waals surface area contributed by atoms with Gasteiger partial charge in [0, 0.05) is 13.0 Å². The summed E-state index contributed by atoms with van der Waals surface area (Å²) in [6.07, 6.45) is -4.56. The molecule has 0 aliphatic carbocycles. The van der Waals surface area contributed by atoms with E-state index in [1.807, 2.05) is 0 Å². The number of carbonyl (C=O) groups is 1. The van der Waals surface area contributed by atoms with Crippen molar-refractivity contribution in [1.29, 1.82) is 0 Å². The third-order valence-electron chi connectivity index (χ3n) is 2.77. The highest BCUT2D eigenvalue weighted by molar-refractivity contribution is 5.73. The minimum Gasteiger partial charge on any atom is -0.394 e. The number of nitrogens with two attached hydrogens (primary N) is 1. The number of rotatable bonds is 5. The van der Waals surface area contributed by atoms with E-state index in [-0.39, 0.29) is 12.6 Å². The molecular formula is C11H22N2O6. The highest BCUT2D eigenvalue weighted by atomic mass is 16.7. The van der Waals surface area contributed by atoms with Gasteiger partial charge in [-0.25, -0.2) is 0 Å². The summed E-state index contributed by atoms with van der Waals surface area (Å²) in [7, 11) is 0. The molecule has 1 aliphatic rings. The molecule has 112 valence electrons. The van der Waals surface area contributed by atoms with E-state index in [2.05, 4.69) is 5.32 Å². The molecule has 0 saturated carbocycles. The maximum Gasteiger partial charge on any atom is 0.217 e. The molecule has 8 nitrogen and oxygen atoms in total. The second kappa shape index (κ2) is 7.13. The fourth-order valence-electron chi connectivity index (χ4n) is 1.86. The predicted molar refractivity (Wildman–Crippen MR) is 65.0 cm³/mol.